The van der Waals surface area contributed by atoms with Gasteiger partial charge in [0, 0.05) is 13.1 Å². The largest absolute Gasteiger partial charge is 0.486 e. The maximum absolute atomic E-state index is 10.5. The number of hydrogen-bond acceptors (Lipinski definition) is 4. The zero-order valence-electron chi connectivity index (χ0n) is 11.1. The van der Waals surface area contributed by atoms with E-state index in [1.165, 1.54) is 0 Å². The van der Waals surface area contributed by atoms with Gasteiger partial charge in [-0.3, -0.25) is 4.79 Å². The zero-order chi connectivity index (χ0) is 13.8. The molecule has 1 N–H and O–H groups in total. The summed E-state index contributed by atoms with van der Waals surface area (Å²) in [5.41, 5.74) is 0.974. The van der Waals surface area contributed by atoms with Crippen LogP contribution in [0, 0.1) is 0 Å². The van der Waals surface area contributed by atoms with Crippen molar-refractivity contribution in [1.82, 2.24) is 4.90 Å². The van der Waals surface area contributed by atoms with E-state index in [1.54, 1.807) is 0 Å². The van der Waals surface area contributed by atoms with Crippen molar-refractivity contribution in [1.29, 1.82) is 0 Å². The standard InChI is InChI=1S/C13H16ClNO4.ClH/c1-15(3-2-12(16)17)8-9-6-10(14)13-11(7-9)18-4-5-19-13;/h6-7H,2-5,8H2,1H3,(H,16,17);1H. The second kappa shape index (κ2) is 7.57. The third-order valence-corrected chi connectivity index (χ3v) is 3.10. The van der Waals surface area contributed by atoms with Crippen LogP contribution >= 0.6 is 24.0 Å². The molecule has 1 aromatic carbocycles. The van der Waals surface area contributed by atoms with Crippen LogP contribution in [0.15, 0.2) is 12.1 Å². The minimum atomic E-state index is -0.799. The third kappa shape index (κ3) is 4.44. The smallest absolute Gasteiger partial charge is 0.304 e. The number of ether oxygens (including phenoxy) is 2. The van der Waals surface area contributed by atoms with Gasteiger partial charge in [-0.25, -0.2) is 0 Å². The van der Waals surface area contributed by atoms with Gasteiger partial charge in [-0.15, -0.1) is 12.4 Å². The van der Waals surface area contributed by atoms with Crippen molar-refractivity contribution in [2.24, 2.45) is 0 Å². The van der Waals surface area contributed by atoms with Crippen molar-refractivity contribution in [2.75, 3.05) is 26.8 Å². The molecule has 0 unspecified atom stereocenters. The second-order valence-electron chi connectivity index (χ2n) is 4.48. The lowest BCUT2D eigenvalue weighted by atomic mass is 10.1. The first-order valence-electron chi connectivity index (χ1n) is 6.04. The van der Waals surface area contributed by atoms with Crippen LogP contribution in [0.5, 0.6) is 11.5 Å². The van der Waals surface area contributed by atoms with Gasteiger partial charge in [0.05, 0.1) is 11.4 Å². The van der Waals surface area contributed by atoms with E-state index in [1.807, 2.05) is 24.1 Å². The lowest BCUT2D eigenvalue weighted by molar-refractivity contribution is -0.137. The minimum Gasteiger partial charge on any atom is -0.486 e. The number of benzene rings is 1. The minimum absolute atomic E-state index is 0. The molecule has 0 amide bonds. The summed E-state index contributed by atoms with van der Waals surface area (Å²) < 4.78 is 10.9. The van der Waals surface area contributed by atoms with E-state index in [2.05, 4.69) is 0 Å². The monoisotopic (exact) mass is 321 g/mol. The van der Waals surface area contributed by atoms with Crippen molar-refractivity contribution in [3.8, 4) is 11.5 Å². The first-order chi connectivity index (χ1) is 9.06. The molecule has 0 saturated heterocycles. The number of aliphatic carboxylic acids is 1. The summed E-state index contributed by atoms with van der Waals surface area (Å²) in [5.74, 6) is 0.442. The van der Waals surface area contributed by atoms with Gasteiger partial charge in [-0.05, 0) is 24.7 Å². The summed E-state index contributed by atoms with van der Waals surface area (Å²) >= 11 is 6.14. The Morgan fingerprint density at radius 2 is 2.10 bits per heavy atom. The van der Waals surface area contributed by atoms with Gasteiger partial charge < -0.3 is 19.5 Å². The molecule has 7 heteroatoms. The summed E-state index contributed by atoms with van der Waals surface area (Å²) in [4.78, 5) is 12.4. The van der Waals surface area contributed by atoms with Crippen molar-refractivity contribution < 1.29 is 19.4 Å². The molecule has 112 valence electrons. The second-order valence-corrected chi connectivity index (χ2v) is 4.89. The molecule has 0 atom stereocenters. The molecule has 1 heterocycles. The molecular weight excluding hydrogens is 305 g/mol. The van der Waals surface area contributed by atoms with Crippen LogP contribution in [-0.4, -0.2) is 42.8 Å². The highest BCUT2D eigenvalue weighted by molar-refractivity contribution is 6.32. The molecule has 0 radical (unpaired) electrons. The van der Waals surface area contributed by atoms with E-state index in [4.69, 9.17) is 26.2 Å². The summed E-state index contributed by atoms with van der Waals surface area (Å²) in [6.07, 6.45) is 0.120. The van der Waals surface area contributed by atoms with Crippen molar-refractivity contribution in [3.05, 3.63) is 22.7 Å². The zero-order valence-corrected chi connectivity index (χ0v) is 12.7. The van der Waals surface area contributed by atoms with Gasteiger partial charge in [0.2, 0.25) is 0 Å². The van der Waals surface area contributed by atoms with Crippen LogP contribution in [0.1, 0.15) is 12.0 Å². The molecule has 1 aliphatic rings. The highest BCUT2D eigenvalue weighted by Gasteiger charge is 2.17. The van der Waals surface area contributed by atoms with E-state index in [0.29, 0.717) is 42.8 Å². The SMILES string of the molecule is CN(CCC(=O)O)Cc1cc(Cl)c2c(c1)OCCO2.Cl. The Hall–Kier alpha value is -1.17. The van der Waals surface area contributed by atoms with E-state index >= 15 is 0 Å². The molecule has 5 nitrogen and oxygen atoms in total. The molecular formula is C13H17Cl2NO4. The average molecular weight is 322 g/mol. The molecule has 0 fully saturated rings. The van der Waals surface area contributed by atoms with Crippen LogP contribution in [0.2, 0.25) is 5.02 Å². The number of carbonyl (C=O) groups is 1. The molecule has 0 bridgehead atoms. The number of fused-ring (bicyclic) bond motifs is 1. The molecule has 0 saturated carbocycles. The van der Waals surface area contributed by atoms with Gasteiger partial charge in [0.15, 0.2) is 11.5 Å². The molecule has 20 heavy (non-hydrogen) atoms. The Morgan fingerprint density at radius 3 is 2.80 bits per heavy atom. The number of nitrogens with zero attached hydrogens (tertiary/aromatic N) is 1. The van der Waals surface area contributed by atoms with Gasteiger partial charge in [-0.1, -0.05) is 11.6 Å². The normalized spacial score (nSPS) is 12.9. The Bertz CT molecular complexity index is 482. The van der Waals surface area contributed by atoms with Crippen molar-refractivity contribution in [3.63, 3.8) is 0 Å². The summed E-state index contributed by atoms with van der Waals surface area (Å²) in [6, 6.07) is 3.71. The van der Waals surface area contributed by atoms with Crippen LogP contribution < -0.4 is 9.47 Å². The van der Waals surface area contributed by atoms with Gasteiger partial charge in [0.25, 0.3) is 0 Å². The van der Waals surface area contributed by atoms with Gasteiger partial charge in [0.1, 0.15) is 13.2 Å². The number of carboxylic acid groups (broad SMARTS) is 1. The topological polar surface area (TPSA) is 59.0 Å². The van der Waals surface area contributed by atoms with E-state index in [0.717, 1.165) is 5.56 Å². The maximum atomic E-state index is 10.5. The average Bonchev–Trinajstić information content (AvgIpc) is 2.36. The predicted molar refractivity (Wildman–Crippen MR) is 78.3 cm³/mol. The highest BCUT2D eigenvalue weighted by atomic mass is 35.5. The molecule has 1 aliphatic heterocycles. The number of halogens is 2. The highest BCUT2D eigenvalue weighted by Crippen LogP contribution is 2.38. The lowest BCUT2D eigenvalue weighted by Gasteiger charge is -2.22. The quantitative estimate of drug-likeness (QED) is 0.902. The van der Waals surface area contributed by atoms with Crippen LogP contribution in [0.3, 0.4) is 0 Å². The molecule has 0 aliphatic carbocycles. The number of hydrogen-bond donors (Lipinski definition) is 1. The fourth-order valence-electron chi connectivity index (χ4n) is 1.93. The lowest BCUT2D eigenvalue weighted by Crippen LogP contribution is -2.22. The van der Waals surface area contributed by atoms with E-state index in [-0.39, 0.29) is 18.8 Å². The Balaban J connectivity index is 0.00000200. The molecule has 0 aromatic heterocycles. The number of rotatable bonds is 5. The van der Waals surface area contributed by atoms with Crippen molar-refractivity contribution >= 4 is 30.0 Å². The van der Waals surface area contributed by atoms with Crippen LogP contribution in [0.25, 0.3) is 0 Å². The molecule has 1 aromatic rings. The van der Waals surface area contributed by atoms with Crippen molar-refractivity contribution in [2.45, 2.75) is 13.0 Å². The Labute approximate surface area is 128 Å². The predicted octanol–water partition coefficient (Wildman–Crippen LogP) is 2.44. The van der Waals surface area contributed by atoms with Crippen LogP contribution in [0.4, 0.5) is 0 Å². The third-order valence-electron chi connectivity index (χ3n) is 2.82. The molecule has 0 spiro atoms. The van der Waals surface area contributed by atoms with E-state index in [9.17, 15) is 4.79 Å². The Morgan fingerprint density at radius 1 is 1.40 bits per heavy atom. The Kier molecular flexibility index (Phi) is 6.39. The summed E-state index contributed by atoms with van der Waals surface area (Å²) in [7, 11) is 1.87. The van der Waals surface area contributed by atoms with Gasteiger partial charge in [-0.2, -0.15) is 0 Å². The first kappa shape index (κ1) is 16.9. The van der Waals surface area contributed by atoms with Crippen LogP contribution in [-0.2, 0) is 11.3 Å². The first-order valence-corrected chi connectivity index (χ1v) is 6.42. The fraction of sp³-hybridized carbons (Fsp3) is 0.462. The fourth-order valence-corrected chi connectivity index (χ4v) is 2.22. The van der Waals surface area contributed by atoms with Gasteiger partial charge >= 0.3 is 5.97 Å². The van der Waals surface area contributed by atoms with E-state index < -0.39 is 5.97 Å². The summed E-state index contributed by atoms with van der Waals surface area (Å²) in [6.45, 7) is 2.12. The molecule has 2 rings (SSSR count). The maximum Gasteiger partial charge on any atom is 0.304 e. The number of carboxylic acids is 1. The summed E-state index contributed by atoms with van der Waals surface area (Å²) in [5, 5.41) is 9.17.